The third-order valence-electron chi connectivity index (χ3n) is 4.84. The van der Waals surface area contributed by atoms with Gasteiger partial charge in [0.15, 0.2) is 0 Å². The molecule has 1 aromatic heterocycles. The molecule has 0 saturated heterocycles. The molecule has 7 heteroatoms. The highest BCUT2D eigenvalue weighted by atomic mass is 16.5. The maximum absolute atomic E-state index is 12.7. The minimum Gasteiger partial charge on any atom is -0.487 e. The summed E-state index contributed by atoms with van der Waals surface area (Å²) in [6.07, 6.45) is 6.21. The van der Waals surface area contributed by atoms with Gasteiger partial charge < -0.3 is 20.5 Å². The van der Waals surface area contributed by atoms with Crippen molar-refractivity contribution in [2.45, 2.75) is 45.3 Å². The van der Waals surface area contributed by atoms with Crippen LogP contribution in [0.3, 0.4) is 0 Å². The van der Waals surface area contributed by atoms with Crippen LogP contribution in [-0.4, -0.2) is 29.4 Å². The number of nitrogens with two attached hydrogens (primary N) is 1. The Balaban J connectivity index is 0.00000341. The van der Waals surface area contributed by atoms with Crippen molar-refractivity contribution in [2.24, 2.45) is 10.7 Å². The summed E-state index contributed by atoms with van der Waals surface area (Å²) in [5.74, 6) is 0.889. The number of benzene rings is 1. The van der Waals surface area contributed by atoms with E-state index in [0.717, 1.165) is 24.1 Å². The average molecular weight is 411 g/mol. The van der Waals surface area contributed by atoms with Crippen molar-refractivity contribution in [3.8, 4) is 11.5 Å². The molecule has 30 heavy (non-hydrogen) atoms. The fourth-order valence-corrected chi connectivity index (χ4v) is 3.22. The fraction of sp³-hybridized carbons (Fsp3) is 0.348. The molecule has 1 aliphatic heterocycles. The molecule has 3 rings (SSSR count). The SMILES string of the molecule is CN/C=C\C(N)=NC(=O)c1cc(OC(C)c2ccccn2)c2c(c1)OC(C)(C)CC2.[HH]. The van der Waals surface area contributed by atoms with Crippen LogP contribution in [0.2, 0.25) is 0 Å². The van der Waals surface area contributed by atoms with Gasteiger partial charge in [-0.3, -0.25) is 9.78 Å². The molecule has 1 aliphatic rings. The highest BCUT2D eigenvalue weighted by molar-refractivity contribution is 6.06. The van der Waals surface area contributed by atoms with E-state index < -0.39 is 5.91 Å². The van der Waals surface area contributed by atoms with E-state index in [1.807, 2.05) is 39.0 Å². The number of carbonyl (C=O) groups is 1. The topological polar surface area (TPSA) is 98.8 Å². The molecule has 0 fully saturated rings. The van der Waals surface area contributed by atoms with E-state index in [-0.39, 0.29) is 19.0 Å². The molecule has 0 radical (unpaired) electrons. The van der Waals surface area contributed by atoms with Gasteiger partial charge in [0.2, 0.25) is 0 Å². The van der Waals surface area contributed by atoms with Crippen molar-refractivity contribution in [1.29, 1.82) is 0 Å². The molecule has 1 aromatic carbocycles. The number of nitrogens with zero attached hydrogens (tertiary/aromatic N) is 2. The van der Waals surface area contributed by atoms with E-state index in [9.17, 15) is 4.79 Å². The standard InChI is InChI=1S/C23H28N4O3.H2/c1-15(18-7-5-6-11-26-18)29-19-13-16(22(28)27-21(24)9-12-25-4)14-20-17(19)8-10-23(2,3)30-20;/h5-7,9,11-15,25H,8,10H2,1-4H3,(H2,24,27,28);1H/b12-9-;. The Hall–Kier alpha value is -3.35. The smallest absolute Gasteiger partial charge is 0.279 e. The van der Waals surface area contributed by atoms with Crippen LogP contribution < -0.4 is 20.5 Å². The number of pyridine rings is 1. The molecule has 0 spiro atoms. The molecule has 0 bridgehead atoms. The summed E-state index contributed by atoms with van der Waals surface area (Å²) in [5.41, 5.74) is 7.59. The summed E-state index contributed by atoms with van der Waals surface area (Å²) in [7, 11) is 1.74. The first-order valence-corrected chi connectivity index (χ1v) is 9.95. The normalized spacial score (nSPS) is 16.5. The minimum atomic E-state index is -0.460. The molecule has 1 atom stereocenters. The van der Waals surface area contributed by atoms with Gasteiger partial charge in [0.1, 0.15) is 29.0 Å². The lowest BCUT2D eigenvalue weighted by molar-refractivity contribution is 0.0816. The zero-order valence-corrected chi connectivity index (χ0v) is 17.8. The van der Waals surface area contributed by atoms with E-state index >= 15 is 0 Å². The molecule has 7 nitrogen and oxygen atoms in total. The lowest BCUT2D eigenvalue weighted by Gasteiger charge is -2.34. The van der Waals surface area contributed by atoms with E-state index in [0.29, 0.717) is 17.1 Å². The summed E-state index contributed by atoms with van der Waals surface area (Å²) in [4.78, 5) is 21.0. The predicted octanol–water partition coefficient (Wildman–Crippen LogP) is 3.80. The first kappa shape index (κ1) is 21.4. The van der Waals surface area contributed by atoms with Crippen molar-refractivity contribution < 1.29 is 15.7 Å². The van der Waals surface area contributed by atoms with E-state index in [4.69, 9.17) is 15.2 Å². The minimum absolute atomic E-state index is 0. The van der Waals surface area contributed by atoms with Crippen LogP contribution in [0.15, 0.2) is 53.8 Å². The number of rotatable bonds is 6. The number of carbonyl (C=O) groups excluding carboxylic acids is 1. The monoisotopic (exact) mass is 410 g/mol. The van der Waals surface area contributed by atoms with E-state index in [2.05, 4.69) is 15.3 Å². The lowest BCUT2D eigenvalue weighted by atomic mass is 9.92. The Labute approximate surface area is 178 Å². The number of ether oxygens (including phenoxy) is 2. The second kappa shape index (κ2) is 8.98. The van der Waals surface area contributed by atoms with Crippen molar-refractivity contribution in [3.63, 3.8) is 0 Å². The highest BCUT2D eigenvalue weighted by Gasteiger charge is 2.30. The lowest BCUT2D eigenvalue weighted by Crippen LogP contribution is -2.33. The van der Waals surface area contributed by atoms with E-state index in [1.165, 1.54) is 6.08 Å². The van der Waals surface area contributed by atoms with Gasteiger partial charge in [0.25, 0.3) is 5.91 Å². The number of aliphatic imine (C=N–C) groups is 1. The quantitative estimate of drug-likeness (QED) is 0.555. The highest BCUT2D eigenvalue weighted by Crippen LogP contribution is 2.41. The molecule has 2 aromatic rings. The van der Waals surface area contributed by atoms with Gasteiger partial charge in [-0.25, -0.2) is 0 Å². The summed E-state index contributed by atoms with van der Waals surface area (Å²) in [6, 6.07) is 9.11. The Morgan fingerprint density at radius 3 is 2.93 bits per heavy atom. The van der Waals surface area contributed by atoms with Crippen LogP contribution >= 0.6 is 0 Å². The van der Waals surface area contributed by atoms with Crippen LogP contribution in [0.4, 0.5) is 0 Å². The number of hydrogen-bond donors (Lipinski definition) is 2. The number of hydrogen-bond acceptors (Lipinski definition) is 5. The van der Waals surface area contributed by atoms with Crippen molar-refractivity contribution >= 4 is 11.7 Å². The number of fused-ring (bicyclic) bond motifs is 1. The van der Waals surface area contributed by atoms with Crippen LogP contribution in [0.25, 0.3) is 0 Å². The van der Waals surface area contributed by atoms with Gasteiger partial charge in [-0.05, 0) is 70.2 Å². The van der Waals surface area contributed by atoms with Crippen LogP contribution in [-0.2, 0) is 6.42 Å². The average Bonchev–Trinajstić information content (AvgIpc) is 2.71. The first-order valence-electron chi connectivity index (χ1n) is 9.95. The van der Waals surface area contributed by atoms with Gasteiger partial charge in [0.05, 0.1) is 5.69 Å². The largest absolute Gasteiger partial charge is 0.487 e. The van der Waals surface area contributed by atoms with Crippen molar-refractivity contribution in [2.75, 3.05) is 7.05 Å². The number of amidine groups is 1. The molecule has 160 valence electrons. The maximum Gasteiger partial charge on any atom is 0.279 e. The Morgan fingerprint density at radius 2 is 2.23 bits per heavy atom. The van der Waals surface area contributed by atoms with Crippen molar-refractivity contribution in [3.05, 3.63) is 65.6 Å². The Kier molecular flexibility index (Phi) is 6.40. The molecule has 0 aliphatic carbocycles. The molecule has 1 amide bonds. The van der Waals surface area contributed by atoms with Gasteiger partial charge in [-0.1, -0.05) is 6.07 Å². The Morgan fingerprint density at radius 1 is 1.43 bits per heavy atom. The van der Waals surface area contributed by atoms with Crippen molar-refractivity contribution in [1.82, 2.24) is 10.3 Å². The van der Waals surface area contributed by atoms with E-state index in [1.54, 1.807) is 31.6 Å². The fourth-order valence-electron chi connectivity index (χ4n) is 3.22. The summed E-state index contributed by atoms with van der Waals surface area (Å²) < 4.78 is 12.4. The zero-order valence-electron chi connectivity index (χ0n) is 17.8. The number of aromatic nitrogens is 1. The van der Waals surface area contributed by atoms with Gasteiger partial charge >= 0.3 is 0 Å². The predicted molar refractivity (Wildman–Crippen MR) is 119 cm³/mol. The van der Waals surface area contributed by atoms with Crippen LogP contribution in [0.1, 0.15) is 56.3 Å². The Bertz CT molecular complexity index is 974. The van der Waals surface area contributed by atoms with Gasteiger partial charge in [0, 0.05) is 25.8 Å². The molecular weight excluding hydrogens is 380 g/mol. The molecule has 3 N–H and O–H groups in total. The second-order valence-electron chi connectivity index (χ2n) is 7.79. The summed E-state index contributed by atoms with van der Waals surface area (Å²) >= 11 is 0. The van der Waals surface area contributed by atoms with Gasteiger partial charge in [-0.2, -0.15) is 4.99 Å². The first-order chi connectivity index (χ1) is 14.3. The van der Waals surface area contributed by atoms with Crippen LogP contribution in [0, 0.1) is 0 Å². The zero-order chi connectivity index (χ0) is 21.7. The summed E-state index contributed by atoms with van der Waals surface area (Å²) in [5, 5.41) is 2.81. The number of amides is 1. The number of nitrogens with one attached hydrogen (secondary N) is 1. The summed E-state index contributed by atoms with van der Waals surface area (Å²) in [6.45, 7) is 5.98. The molecule has 0 saturated carbocycles. The maximum atomic E-state index is 12.7. The second-order valence-corrected chi connectivity index (χ2v) is 7.79. The third kappa shape index (κ3) is 5.17. The van der Waals surface area contributed by atoms with Gasteiger partial charge in [-0.15, -0.1) is 0 Å². The molecule has 1 unspecified atom stereocenters. The molecular formula is C23H30N4O3. The molecule has 2 heterocycles. The third-order valence-corrected chi connectivity index (χ3v) is 4.84. The van der Waals surface area contributed by atoms with Crippen LogP contribution in [0.5, 0.6) is 11.5 Å².